The van der Waals surface area contributed by atoms with Crippen molar-refractivity contribution in [3.8, 4) is 0 Å². The van der Waals surface area contributed by atoms with E-state index in [9.17, 15) is 0 Å². The minimum Gasteiger partial charge on any atom is -0.374 e. The van der Waals surface area contributed by atoms with Crippen LogP contribution in [-0.4, -0.2) is 49.3 Å². The zero-order valence-corrected chi connectivity index (χ0v) is 12.3. The van der Waals surface area contributed by atoms with E-state index >= 15 is 0 Å². The van der Waals surface area contributed by atoms with Crippen molar-refractivity contribution in [2.75, 3.05) is 26.2 Å². The first-order valence-corrected chi connectivity index (χ1v) is 7.81. The lowest BCUT2D eigenvalue weighted by molar-refractivity contribution is -0.0641. The number of rotatable bonds is 5. The molecule has 0 aromatic carbocycles. The Morgan fingerprint density at radius 1 is 1.28 bits per heavy atom. The fourth-order valence-corrected chi connectivity index (χ4v) is 3.54. The Morgan fingerprint density at radius 3 is 2.61 bits per heavy atom. The molecule has 0 radical (unpaired) electrons. The van der Waals surface area contributed by atoms with Gasteiger partial charge in [0.05, 0.1) is 12.7 Å². The number of morpholine rings is 1. The van der Waals surface area contributed by atoms with Crippen LogP contribution in [0.1, 0.15) is 46.5 Å². The van der Waals surface area contributed by atoms with Crippen LogP contribution in [0.3, 0.4) is 0 Å². The molecular weight excluding hydrogens is 224 g/mol. The quantitative estimate of drug-likeness (QED) is 0.814. The summed E-state index contributed by atoms with van der Waals surface area (Å²) < 4.78 is 6.08. The summed E-state index contributed by atoms with van der Waals surface area (Å²) in [5.74, 6) is 0.835. The second kappa shape index (κ2) is 6.88. The lowest BCUT2D eigenvalue weighted by atomic mass is 9.92. The first kappa shape index (κ1) is 14.3. The highest BCUT2D eigenvalue weighted by Crippen LogP contribution is 2.30. The molecule has 1 N–H and O–H groups in total. The van der Waals surface area contributed by atoms with Crippen molar-refractivity contribution >= 4 is 0 Å². The number of ether oxygens (including phenoxy) is 1. The molecule has 1 saturated carbocycles. The third-order valence-corrected chi connectivity index (χ3v) is 4.60. The van der Waals surface area contributed by atoms with Crippen molar-refractivity contribution in [2.45, 2.75) is 64.6 Å². The Kier molecular flexibility index (Phi) is 5.46. The van der Waals surface area contributed by atoms with Crippen molar-refractivity contribution in [3.05, 3.63) is 0 Å². The largest absolute Gasteiger partial charge is 0.374 e. The van der Waals surface area contributed by atoms with Gasteiger partial charge in [0, 0.05) is 25.2 Å². The Labute approximate surface area is 112 Å². The summed E-state index contributed by atoms with van der Waals surface area (Å²) in [4.78, 5) is 2.56. The van der Waals surface area contributed by atoms with E-state index in [0.717, 1.165) is 32.2 Å². The zero-order valence-electron chi connectivity index (χ0n) is 12.3. The predicted octanol–water partition coefficient (Wildman–Crippen LogP) is 2.26. The molecule has 0 amide bonds. The number of hydrogen-bond acceptors (Lipinski definition) is 3. The van der Waals surface area contributed by atoms with Gasteiger partial charge in [-0.3, -0.25) is 4.90 Å². The average molecular weight is 254 g/mol. The maximum atomic E-state index is 6.08. The monoisotopic (exact) mass is 254 g/mol. The lowest BCUT2D eigenvalue weighted by Gasteiger charge is -2.41. The molecule has 2 unspecified atom stereocenters. The van der Waals surface area contributed by atoms with E-state index < -0.39 is 0 Å². The third-order valence-electron chi connectivity index (χ3n) is 4.60. The van der Waals surface area contributed by atoms with E-state index in [-0.39, 0.29) is 0 Å². The minimum absolute atomic E-state index is 0.393. The van der Waals surface area contributed by atoms with Gasteiger partial charge >= 0.3 is 0 Å². The van der Waals surface area contributed by atoms with Gasteiger partial charge in [-0.15, -0.1) is 0 Å². The smallest absolute Gasteiger partial charge is 0.0858 e. The minimum atomic E-state index is 0.393. The third kappa shape index (κ3) is 3.46. The predicted molar refractivity (Wildman–Crippen MR) is 75.9 cm³/mol. The molecule has 1 aliphatic carbocycles. The fourth-order valence-electron chi connectivity index (χ4n) is 3.54. The molecule has 3 heteroatoms. The van der Waals surface area contributed by atoms with Gasteiger partial charge in [0.15, 0.2) is 0 Å². The van der Waals surface area contributed by atoms with Crippen molar-refractivity contribution in [3.63, 3.8) is 0 Å². The highest BCUT2D eigenvalue weighted by atomic mass is 16.5. The van der Waals surface area contributed by atoms with Crippen LogP contribution >= 0.6 is 0 Å². The van der Waals surface area contributed by atoms with Crippen molar-refractivity contribution < 1.29 is 4.74 Å². The highest BCUT2D eigenvalue weighted by Gasteiger charge is 2.34. The zero-order chi connectivity index (χ0) is 13.0. The van der Waals surface area contributed by atoms with Crippen LogP contribution in [0.25, 0.3) is 0 Å². The Bertz CT molecular complexity index is 239. The normalized spacial score (nSPS) is 29.0. The van der Waals surface area contributed by atoms with E-state index in [0.29, 0.717) is 18.2 Å². The summed E-state index contributed by atoms with van der Waals surface area (Å²) in [5.41, 5.74) is 0. The summed E-state index contributed by atoms with van der Waals surface area (Å²) in [5, 5.41) is 3.70. The standard InChI is InChI=1S/C15H30N2O/c1-4-16-15(13-7-5-6-8-13)14-11-17(12(2)3)9-10-18-14/h12-16H,4-11H2,1-3H3. The molecule has 18 heavy (non-hydrogen) atoms. The van der Waals surface area contributed by atoms with Crippen LogP contribution in [0, 0.1) is 5.92 Å². The highest BCUT2D eigenvalue weighted by molar-refractivity contribution is 4.90. The number of nitrogens with zero attached hydrogens (tertiary/aromatic N) is 1. The van der Waals surface area contributed by atoms with Gasteiger partial charge in [0.1, 0.15) is 0 Å². The summed E-state index contributed by atoms with van der Waals surface area (Å²) in [6.45, 7) is 11.0. The van der Waals surface area contributed by atoms with E-state index in [2.05, 4.69) is 31.0 Å². The molecule has 106 valence electrons. The molecule has 1 heterocycles. The molecule has 0 aromatic heterocycles. The van der Waals surface area contributed by atoms with Crippen LogP contribution in [-0.2, 0) is 4.74 Å². The van der Waals surface area contributed by atoms with Gasteiger partial charge in [-0.1, -0.05) is 19.8 Å². The van der Waals surface area contributed by atoms with Crippen molar-refractivity contribution in [1.29, 1.82) is 0 Å². The van der Waals surface area contributed by atoms with Gasteiger partial charge in [-0.2, -0.15) is 0 Å². The molecule has 2 atom stereocenters. The summed E-state index contributed by atoms with van der Waals surface area (Å²) in [6.07, 6.45) is 5.99. The topological polar surface area (TPSA) is 24.5 Å². The molecule has 0 aromatic rings. The summed E-state index contributed by atoms with van der Waals surface area (Å²) >= 11 is 0. The SMILES string of the molecule is CCNC(C1CCCC1)C1CN(C(C)C)CCO1. The molecule has 1 saturated heterocycles. The van der Waals surface area contributed by atoms with E-state index in [1.165, 1.54) is 25.7 Å². The second-order valence-corrected chi connectivity index (χ2v) is 6.13. The van der Waals surface area contributed by atoms with Crippen LogP contribution in [0.4, 0.5) is 0 Å². The first-order valence-electron chi connectivity index (χ1n) is 7.81. The maximum Gasteiger partial charge on any atom is 0.0858 e. The molecule has 0 bridgehead atoms. The summed E-state index contributed by atoms with van der Waals surface area (Å²) in [6, 6.07) is 1.21. The Morgan fingerprint density at radius 2 is 2.00 bits per heavy atom. The van der Waals surface area contributed by atoms with Crippen LogP contribution in [0.2, 0.25) is 0 Å². The Balaban J connectivity index is 1.96. The first-order chi connectivity index (χ1) is 8.72. The van der Waals surface area contributed by atoms with Gasteiger partial charge in [-0.05, 0) is 39.2 Å². The van der Waals surface area contributed by atoms with Crippen LogP contribution < -0.4 is 5.32 Å². The molecule has 0 spiro atoms. The van der Waals surface area contributed by atoms with Gasteiger partial charge in [0.2, 0.25) is 0 Å². The van der Waals surface area contributed by atoms with E-state index in [1.807, 2.05) is 0 Å². The number of nitrogens with one attached hydrogen (secondary N) is 1. The van der Waals surface area contributed by atoms with Gasteiger partial charge < -0.3 is 10.1 Å². The van der Waals surface area contributed by atoms with Crippen LogP contribution in [0.5, 0.6) is 0 Å². The van der Waals surface area contributed by atoms with Crippen molar-refractivity contribution in [2.24, 2.45) is 5.92 Å². The molecule has 1 aliphatic heterocycles. The molecule has 2 rings (SSSR count). The number of hydrogen-bond donors (Lipinski definition) is 1. The molecular formula is C15H30N2O. The average Bonchev–Trinajstić information content (AvgIpc) is 2.89. The Hall–Kier alpha value is -0.120. The molecule has 3 nitrogen and oxygen atoms in total. The maximum absolute atomic E-state index is 6.08. The molecule has 2 fully saturated rings. The van der Waals surface area contributed by atoms with Gasteiger partial charge in [-0.25, -0.2) is 0 Å². The lowest BCUT2D eigenvalue weighted by Crippen LogP contribution is -2.55. The van der Waals surface area contributed by atoms with Crippen LogP contribution in [0.15, 0.2) is 0 Å². The van der Waals surface area contributed by atoms with Crippen molar-refractivity contribution in [1.82, 2.24) is 10.2 Å². The van der Waals surface area contributed by atoms with E-state index in [4.69, 9.17) is 4.74 Å². The number of likely N-dealkylation sites (N-methyl/N-ethyl adjacent to an activating group) is 1. The summed E-state index contributed by atoms with van der Waals surface area (Å²) in [7, 11) is 0. The van der Waals surface area contributed by atoms with E-state index in [1.54, 1.807) is 0 Å². The molecule has 2 aliphatic rings. The van der Waals surface area contributed by atoms with Gasteiger partial charge in [0.25, 0.3) is 0 Å². The fraction of sp³-hybridized carbons (Fsp3) is 1.00. The second-order valence-electron chi connectivity index (χ2n) is 6.13.